The average molecular weight is 284 g/mol. The lowest BCUT2D eigenvalue weighted by atomic mass is 10.0. The number of aliphatic hydroxyl groups excluding tert-OH is 3. The number of furan rings is 1. The Hall–Kier alpha value is -1.65. The Morgan fingerprint density at radius 1 is 1.35 bits per heavy atom. The number of anilines is 1. The molecule has 1 saturated heterocycles. The van der Waals surface area contributed by atoms with Crippen molar-refractivity contribution < 1.29 is 24.5 Å². The number of nitrogens with one attached hydrogen (secondary N) is 1. The Bertz CT molecular complexity index is 545. The van der Waals surface area contributed by atoms with E-state index >= 15 is 0 Å². The molecule has 1 aromatic heterocycles. The summed E-state index contributed by atoms with van der Waals surface area (Å²) in [4.78, 5) is 3.90. The molecule has 1 aromatic rings. The summed E-state index contributed by atoms with van der Waals surface area (Å²) in [7, 11) is 0. The third-order valence-electron chi connectivity index (χ3n) is 3.50. The minimum atomic E-state index is -1.19. The minimum absolute atomic E-state index is 0.124. The van der Waals surface area contributed by atoms with Crippen molar-refractivity contribution in [1.82, 2.24) is 0 Å². The SMILES string of the molecule is NC1=NC(N)c2occ([C@@H]3O[C@H](CO)[C@@H](O)[C@H]3O)c2N1. The van der Waals surface area contributed by atoms with Crippen molar-refractivity contribution >= 4 is 11.6 Å². The molecular formula is C11H16N4O5. The first-order valence-electron chi connectivity index (χ1n) is 6.12. The van der Waals surface area contributed by atoms with E-state index < -0.39 is 37.2 Å². The Labute approximate surface area is 113 Å². The van der Waals surface area contributed by atoms with E-state index in [1.54, 1.807) is 0 Å². The van der Waals surface area contributed by atoms with Gasteiger partial charge in [0.15, 0.2) is 17.9 Å². The predicted molar refractivity (Wildman–Crippen MR) is 67.6 cm³/mol. The molecule has 0 radical (unpaired) electrons. The Morgan fingerprint density at radius 3 is 2.75 bits per heavy atom. The van der Waals surface area contributed by atoms with Crippen LogP contribution in [0, 0.1) is 0 Å². The molecule has 1 unspecified atom stereocenters. The second-order valence-corrected chi connectivity index (χ2v) is 4.77. The third-order valence-corrected chi connectivity index (χ3v) is 3.50. The quantitative estimate of drug-likeness (QED) is 0.368. The van der Waals surface area contributed by atoms with Gasteiger partial charge in [-0.05, 0) is 0 Å². The van der Waals surface area contributed by atoms with Gasteiger partial charge in [-0.1, -0.05) is 0 Å². The number of nitrogens with two attached hydrogens (primary N) is 2. The summed E-state index contributed by atoms with van der Waals surface area (Å²) in [5.74, 6) is 0.492. The minimum Gasteiger partial charge on any atom is -0.463 e. The molecular weight excluding hydrogens is 268 g/mol. The van der Waals surface area contributed by atoms with Crippen LogP contribution in [0.15, 0.2) is 15.7 Å². The normalized spacial score (nSPS) is 36.4. The van der Waals surface area contributed by atoms with Crippen LogP contribution in [0.2, 0.25) is 0 Å². The third kappa shape index (κ3) is 1.87. The standard InChI is InChI=1S/C11H16N4O5/c12-10-9-5(14-11(13)15-10)3(2-19-9)8-7(18)6(17)4(1-16)20-8/h2,4,6-8,10,16-18H,1,12H2,(H3,13,14,15)/t4-,6-,7-,8+,10?/m1/s1. The summed E-state index contributed by atoms with van der Waals surface area (Å²) in [6.07, 6.45) is -3.45. The monoisotopic (exact) mass is 284 g/mol. The summed E-state index contributed by atoms with van der Waals surface area (Å²) in [6.45, 7) is -0.398. The Kier molecular flexibility index (Phi) is 3.15. The highest BCUT2D eigenvalue weighted by Gasteiger charge is 2.45. The topological polar surface area (TPSA) is 159 Å². The zero-order valence-electron chi connectivity index (χ0n) is 10.4. The predicted octanol–water partition coefficient (Wildman–Crippen LogP) is -1.87. The molecule has 3 rings (SSSR count). The maximum absolute atomic E-state index is 10.0. The van der Waals surface area contributed by atoms with Gasteiger partial charge in [-0.3, -0.25) is 0 Å². The van der Waals surface area contributed by atoms with Crippen LogP contribution < -0.4 is 16.8 Å². The molecule has 20 heavy (non-hydrogen) atoms. The summed E-state index contributed by atoms with van der Waals surface area (Å²) < 4.78 is 10.8. The Morgan fingerprint density at radius 2 is 2.10 bits per heavy atom. The molecule has 1 fully saturated rings. The first-order valence-corrected chi connectivity index (χ1v) is 6.12. The molecule has 2 aliphatic heterocycles. The van der Waals surface area contributed by atoms with Gasteiger partial charge in [0.2, 0.25) is 0 Å². The largest absolute Gasteiger partial charge is 0.463 e. The van der Waals surface area contributed by atoms with Gasteiger partial charge in [0, 0.05) is 5.56 Å². The fraction of sp³-hybridized carbons (Fsp3) is 0.545. The van der Waals surface area contributed by atoms with E-state index in [-0.39, 0.29) is 5.96 Å². The van der Waals surface area contributed by atoms with Crippen LogP contribution in [0.4, 0.5) is 5.69 Å². The zero-order valence-corrected chi connectivity index (χ0v) is 10.4. The molecule has 0 saturated carbocycles. The number of hydrogen-bond donors (Lipinski definition) is 6. The number of nitrogens with zero attached hydrogens (tertiary/aromatic N) is 1. The van der Waals surface area contributed by atoms with E-state index in [9.17, 15) is 10.2 Å². The highest BCUT2D eigenvalue weighted by molar-refractivity contribution is 5.95. The van der Waals surface area contributed by atoms with Crippen LogP contribution in [0.5, 0.6) is 0 Å². The maximum Gasteiger partial charge on any atom is 0.195 e. The Balaban J connectivity index is 1.94. The highest BCUT2D eigenvalue weighted by atomic mass is 16.6. The van der Waals surface area contributed by atoms with Crippen LogP contribution in [0.3, 0.4) is 0 Å². The van der Waals surface area contributed by atoms with Crippen molar-refractivity contribution in [2.24, 2.45) is 16.5 Å². The summed E-state index contributed by atoms with van der Waals surface area (Å²) >= 11 is 0. The number of guanidine groups is 1. The molecule has 9 heteroatoms. The van der Waals surface area contributed by atoms with E-state index in [4.69, 9.17) is 25.7 Å². The van der Waals surface area contributed by atoms with Crippen LogP contribution in [-0.2, 0) is 4.74 Å². The second-order valence-electron chi connectivity index (χ2n) is 4.77. The van der Waals surface area contributed by atoms with E-state index in [0.717, 1.165) is 0 Å². The van der Waals surface area contributed by atoms with Gasteiger partial charge in [-0.2, -0.15) is 0 Å². The van der Waals surface area contributed by atoms with Crippen LogP contribution >= 0.6 is 0 Å². The molecule has 2 aliphatic rings. The molecule has 3 heterocycles. The van der Waals surface area contributed by atoms with Crippen molar-refractivity contribution in [2.75, 3.05) is 11.9 Å². The molecule has 110 valence electrons. The number of aliphatic imine (C=N–C) groups is 1. The molecule has 5 atom stereocenters. The zero-order chi connectivity index (χ0) is 14.4. The summed E-state index contributed by atoms with van der Waals surface area (Å²) in [5.41, 5.74) is 12.3. The first kappa shape index (κ1) is 13.3. The van der Waals surface area contributed by atoms with Crippen LogP contribution in [0.25, 0.3) is 0 Å². The fourth-order valence-electron chi connectivity index (χ4n) is 2.47. The van der Waals surface area contributed by atoms with Gasteiger partial charge >= 0.3 is 0 Å². The number of aliphatic hydroxyl groups is 3. The lowest BCUT2D eigenvalue weighted by Gasteiger charge is -2.19. The van der Waals surface area contributed by atoms with E-state index in [1.807, 2.05) is 0 Å². The van der Waals surface area contributed by atoms with Crippen molar-refractivity contribution in [3.8, 4) is 0 Å². The van der Waals surface area contributed by atoms with Crippen LogP contribution in [-0.4, -0.2) is 46.2 Å². The van der Waals surface area contributed by atoms with Gasteiger partial charge < -0.3 is 41.3 Å². The molecule has 0 amide bonds. The molecule has 0 spiro atoms. The molecule has 9 nitrogen and oxygen atoms in total. The maximum atomic E-state index is 10.0. The second kappa shape index (κ2) is 4.72. The molecule has 0 bridgehead atoms. The van der Waals surface area contributed by atoms with Crippen molar-refractivity contribution in [1.29, 1.82) is 0 Å². The van der Waals surface area contributed by atoms with E-state index in [2.05, 4.69) is 10.3 Å². The fourth-order valence-corrected chi connectivity index (χ4v) is 2.47. The van der Waals surface area contributed by atoms with Gasteiger partial charge in [-0.15, -0.1) is 0 Å². The van der Waals surface area contributed by atoms with Crippen molar-refractivity contribution in [3.63, 3.8) is 0 Å². The van der Waals surface area contributed by atoms with Gasteiger partial charge in [-0.25, -0.2) is 4.99 Å². The molecule has 0 aromatic carbocycles. The number of hydrogen-bond acceptors (Lipinski definition) is 9. The van der Waals surface area contributed by atoms with Gasteiger partial charge in [0.25, 0.3) is 0 Å². The van der Waals surface area contributed by atoms with E-state index in [1.165, 1.54) is 6.26 Å². The smallest absolute Gasteiger partial charge is 0.195 e. The lowest BCUT2D eigenvalue weighted by molar-refractivity contribution is -0.0227. The summed E-state index contributed by atoms with van der Waals surface area (Å²) in [5, 5.41) is 31.7. The van der Waals surface area contributed by atoms with Gasteiger partial charge in [0.05, 0.1) is 18.6 Å². The average Bonchev–Trinajstić information content (AvgIpc) is 2.93. The first-order chi connectivity index (χ1) is 9.52. The highest BCUT2D eigenvalue weighted by Crippen LogP contribution is 2.41. The lowest BCUT2D eigenvalue weighted by Crippen LogP contribution is -2.33. The number of rotatable bonds is 2. The van der Waals surface area contributed by atoms with E-state index in [0.29, 0.717) is 17.0 Å². The van der Waals surface area contributed by atoms with Crippen molar-refractivity contribution in [3.05, 3.63) is 17.6 Å². The molecule has 0 aliphatic carbocycles. The number of fused-ring (bicyclic) bond motifs is 1. The number of ether oxygens (including phenoxy) is 1. The summed E-state index contributed by atoms with van der Waals surface area (Å²) in [6, 6.07) is 0. The van der Waals surface area contributed by atoms with Gasteiger partial charge in [0.1, 0.15) is 24.4 Å². The van der Waals surface area contributed by atoms with Crippen molar-refractivity contribution in [2.45, 2.75) is 30.6 Å². The van der Waals surface area contributed by atoms with Crippen LogP contribution in [0.1, 0.15) is 23.6 Å². The molecule has 8 N–H and O–H groups in total.